The molecule has 0 saturated carbocycles. The minimum Gasteiger partial charge on any atom is -0.338 e. The van der Waals surface area contributed by atoms with Crippen LogP contribution in [-0.4, -0.2) is 32.0 Å². The van der Waals surface area contributed by atoms with Gasteiger partial charge in [-0.25, -0.2) is 4.98 Å². The Labute approximate surface area is 141 Å². The highest BCUT2D eigenvalue weighted by atomic mass is 32.1. The number of non-ortho nitro benzene ring substituents is 1. The van der Waals surface area contributed by atoms with Crippen molar-refractivity contribution in [3.8, 4) is 11.4 Å². The Balaban J connectivity index is 1.69. The summed E-state index contributed by atoms with van der Waals surface area (Å²) in [5, 5.41) is 15.8. The quantitative estimate of drug-likeness (QED) is 0.500. The third-order valence-electron chi connectivity index (χ3n) is 3.28. The zero-order valence-corrected chi connectivity index (χ0v) is 14.0. The van der Waals surface area contributed by atoms with Crippen molar-refractivity contribution >= 4 is 17.0 Å². The van der Waals surface area contributed by atoms with Crippen LogP contribution in [0.2, 0.25) is 0 Å². The van der Waals surface area contributed by atoms with Crippen LogP contribution in [0.4, 0.5) is 5.69 Å². The summed E-state index contributed by atoms with van der Waals surface area (Å²) in [5.74, 6) is 0.802. The topological polar surface area (TPSA) is 98.2 Å². The molecule has 0 aliphatic carbocycles. The van der Waals surface area contributed by atoms with Crippen LogP contribution in [-0.2, 0) is 13.1 Å². The second-order valence-electron chi connectivity index (χ2n) is 5.34. The Kier molecular flexibility index (Phi) is 4.63. The Morgan fingerprint density at radius 2 is 2.21 bits per heavy atom. The molecule has 0 bridgehead atoms. The lowest BCUT2D eigenvalue weighted by Crippen LogP contribution is -2.16. The van der Waals surface area contributed by atoms with E-state index in [1.54, 1.807) is 23.5 Å². The molecule has 2 heterocycles. The van der Waals surface area contributed by atoms with Crippen LogP contribution in [0.3, 0.4) is 0 Å². The van der Waals surface area contributed by atoms with E-state index >= 15 is 0 Å². The molecule has 0 N–H and O–H groups in total. The summed E-state index contributed by atoms with van der Waals surface area (Å²) in [6.45, 7) is 3.19. The van der Waals surface area contributed by atoms with Crippen molar-refractivity contribution in [2.45, 2.75) is 20.0 Å². The van der Waals surface area contributed by atoms with E-state index in [-0.39, 0.29) is 5.69 Å². The highest BCUT2D eigenvalue weighted by Crippen LogP contribution is 2.22. The number of benzene rings is 1. The predicted molar refractivity (Wildman–Crippen MR) is 88.4 cm³/mol. The average molecular weight is 345 g/mol. The monoisotopic (exact) mass is 345 g/mol. The molecule has 0 aliphatic rings. The van der Waals surface area contributed by atoms with Crippen molar-refractivity contribution in [1.29, 1.82) is 0 Å². The van der Waals surface area contributed by atoms with E-state index in [0.717, 1.165) is 16.4 Å². The first-order chi connectivity index (χ1) is 11.5. The normalized spacial score (nSPS) is 11.1. The fraction of sp³-hybridized carbons (Fsp3) is 0.267. The fourth-order valence-electron chi connectivity index (χ4n) is 2.23. The maximum absolute atomic E-state index is 10.8. The van der Waals surface area contributed by atoms with E-state index in [9.17, 15) is 10.1 Å². The molecule has 0 radical (unpaired) electrons. The largest absolute Gasteiger partial charge is 0.338 e. The standard InChI is InChI=1S/C15H15N5O3S/c1-10-16-7-13(24-10)8-19(2)9-14-17-15(18-23-14)11-4-3-5-12(6-11)20(21)22/h3-7H,8-9H2,1-2H3. The van der Waals surface area contributed by atoms with Crippen LogP contribution >= 0.6 is 11.3 Å². The summed E-state index contributed by atoms with van der Waals surface area (Å²) in [4.78, 5) is 22.1. The maximum atomic E-state index is 10.8. The second-order valence-corrected chi connectivity index (χ2v) is 6.66. The summed E-state index contributed by atoms with van der Waals surface area (Å²) < 4.78 is 5.25. The minimum absolute atomic E-state index is 0.00321. The van der Waals surface area contributed by atoms with E-state index < -0.39 is 4.92 Å². The smallest absolute Gasteiger partial charge is 0.270 e. The first kappa shape index (κ1) is 16.2. The Morgan fingerprint density at radius 1 is 1.38 bits per heavy atom. The number of rotatable bonds is 6. The Hall–Kier alpha value is -2.65. The van der Waals surface area contributed by atoms with E-state index in [4.69, 9.17) is 4.52 Å². The van der Waals surface area contributed by atoms with Gasteiger partial charge in [0.2, 0.25) is 11.7 Å². The lowest BCUT2D eigenvalue weighted by atomic mass is 10.2. The Morgan fingerprint density at radius 3 is 2.92 bits per heavy atom. The van der Waals surface area contributed by atoms with Crippen molar-refractivity contribution in [3.63, 3.8) is 0 Å². The van der Waals surface area contributed by atoms with Crippen LogP contribution in [0.5, 0.6) is 0 Å². The van der Waals surface area contributed by atoms with Gasteiger partial charge in [-0.2, -0.15) is 4.98 Å². The number of aromatic nitrogens is 3. The molecule has 0 unspecified atom stereocenters. The van der Waals surface area contributed by atoms with Gasteiger partial charge in [0.15, 0.2) is 0 Å². The van der Waals surface area contributed by atoms with Crippen LogP contribution in [0.1, 0.15) is 15.8 Å². The minimum atomic E-state index is -0.449. The molecule has 24 heavy (non-hydrogen) atoms. The van der Waals surface area contributed by atoms with Crippen LogP contribution < -0.4 is 0 Å². The molecule has 8 nitrogen and oxygen atoms in total. The molecule has 9 heteroatoms. The Bertz CT molecular complexity index is 860. The number of hydrogen-bond acceptors (Lipinski definition) is 8. The third-order valence-corrected chi connectivity index (χ3v) is 4.18. The molecule has 0 fully saturated rings. The second kappa shape index (κ2) is 6.85. The van der Waals surface area contributed by atoms with E-state index in [1.807, 2.05) is 25.1 Å². The van der Waals surface area contributed by atoms with Gasteiger partial charge in [-0.15, -0.1) is 11.3 Å². The van der Waals surface area contributed by atoms with Gasteiger partial charge in [0.05, 0.1) is 16.5 Å². The van der Waals surface area contributed by atoms with Gasteiger partial charge in [-0.3, -0.25) is 15.0 Å². The lowest BCUT2D eigenvalue weighted by Gasteiger charge is -2.11. The highest BCUT2D eigenvalue weighted by molar-refractivity contribution is 7.11. The molecule has 0 aliphatic heterocycles. The van der Waals surface area contributed by atoms with E-state index in [2.05, 4.69) is 15.1 Å². The molecule has 124 valence electrons. The molecule has 0 saturated heterocycles. The molecule has 0 spiro atoms. The van der Waals surface area contributed by atoms with Crippen molar-refractivity contribution < 1.29 is 9.45 Å². The van der Waals surface area contributed by atoms with Gasteiger partial charge in [-0.05, 0) is 14.0 Å². The van der Waals surface area contributed by atoms with Gasteiger partial charge >= 0.3 is 0 Å². The van der Waals surface area contributed by atoms with Gasteiger partial charge in [0.1, 0.15) is 0 Å². The number of thiazole rings is 1. The van der Waals surface area contributed by atoms with Gasteiger partial charge in [-0.1, -0.05) is 17.3 Å². The zero-order chi connectivity index (χ0) is 17.1. The molecule has 1 aromatic carbocycles. The van der Waals surface area contributed by atoms with Crippen molar-refractivity contribution in [3.05, 3.63) is 56.4 Å². The highest BCUT2D eigenvalue weighted by Gasteiger charge is 2.14. The summed E-state index contributed by atoms with van der Waals surface area (Å²) >= 11 is 1.65. The van der Waals surface area contributed by atoms with Crippen molar-refractivity contribution in [2.75, 3.05) is 7.05 Å². The average Bonchev–Trinajstić information content (AvgIpc) is 3.16. The first-order valence-corrected chi connectivity index (χ1v) is 8.00. The van der Waals surface area contributed by atoms with Gasteiger partial charge in [0.25, 0.3) is 5.69 Å². The molecular formula is C15H15N5O3S. The number of nitro groups is 1. The summed E-state index contributed by atoms with van der Waals surface area (Å²) in [5.41, 5.74) is 0.552. The van der Waals surface area contributed by atoms with Crippen LogP contribution in [0.25, 0.3) is 11.4 Å². The van der Waals surface area contributed by atoms with Gasteiger partial charge < -0.3 is 4.52 Å². The number of hydrogen-bond donors (Lipinski definition) is 0. The van der Waals surface area contributed by atoms with Crippen LogP contribution in [0.15, 0.2) is 35.0 Å². The van der Waals surface area contributed by atoms with Crippen molar-refractivity contribution in [1.82, 2.24) is 20.0 Å². The lowest BCUT2D eigenvalue weighted by molar-refractivity contribution is -0.384. The zero-order valence-electron chi connectivity index (χ0n) is 13.2. The summed E-state index contributed by atoms with van der Waals surface area (Å²) in [6, 6.07) is 6.17. The van der Waals surface area contributed by atoms with E-state index in [0.29, 0.717) is 23.8 Å². The molecule has 2 aromatic heterocycles. The number of aryl methyl sites for hydroxylation is 1. The predicted octanol–water partition coefficient (Wildman–Crippen LogP) is 3.04. The van der Waals surface area contributed by atoms with E-state index in [1.165, 1.54) is 12.1 Å². The SMILES string of the molecule is Cc1ncc(CN(C)Cc2nc(-c3cccc([N+](=O)[O-])c3)no2)s1. The summed E-state index contributed by atoms with van der Waals surface area (Å²) in [7, 11) is 1.95. The number of nitrogens with zero attached hydrogens (tertiary/aromatic N) is 5. The molecular weight excluding hydrogens is 330 g/mol. The van der Waals surface area contributed by atoms with Crippen LogP contribution in [0, 0.1) is 17.0 Å². The molecule has 3 rings (SSSR count). The first-order valence-electron chi connectivity index (χ1n) is 7.18. The fourth-order valence-corrected chi connectivity index (χ4v) is 3.10. The van der Waals surface area contributed by atoms with Crippen molar-refractivity contribution in [2.24, 2.45) is 0 Å². The third kappa shape index (κ3) is 3.81. The summed E-state index contributed by atoms with van der Waals surface area (Å²) in [6.07, 6.45) is 1.86. The van der Waals surface area contributed by atoms with Gasteiger partial charge in [0, 0.05) is 35.3 Å². The molecule has 0 atom stereocenters. The molecule has 0 amide bonds. The number of nitro benzene ring substituents is 1. The maximum Gasteiger partial charge on any atom is 0.270 e. The molecule has 3 aromatic rings.